The van der Waals surface area contributed by atoms with Crippen LogP contribution in [0.2, 0.25) is 0 Å². The predicted octanol–water partition coefficient (Wildman–Crippen LogP) is 0.933. The highest BCUT2D eigenvalue weighted by Gasteiger charge is 2.25. The second-order valence-corrected chi connectivity index (χ2v) is 7.32. The maximum Gasteiger partial charge on any atom is 0.328 e. The van der Waals surface area contributed by atoms with Gasteiger partial charge in [-0.1, -0.05) is 30.3 Å². The Balaban J connectivity index is 0.00000218. The van der Waals surface area contributed by atoms with Gasteiger partial charge in [-0.3, -0.25) is 9.59 Å². The molecule has 1 aromatic heterocycles. The van der Waals surface area contributed by atoms with E-state index in [1.165, 1.54) is 18.4 Å². The summed E-state index contributed by atoms with van der Waals surface area (Å²) in [7, 11) is 2.24. The van der Waals surface area contributed by atoms with Crippen molar-refractivity contribution < 1.29 is 29.3 Å². The number of thiophene rings is 1. The van der Waals surface area contributed by atoms with Crippen molar-refractivity contribution in [1.82, 2.24) is 10.6 Å². The Bertz CT molecular complexity index is 810. The number of aliphatic hydroxyl groups is 2. The lowest BCUT2D eigenvalue weighted by Gasteiger charge is -2.17. The van der Waals surface area contributed by atoms with Crippen LogP contribution in [0, 0.1) is 6.92 Å². The van der Waals surface area contributed by atoms with Crippen LogP contribution in [0.25, 0.3) is 0 Å². The summed E-state index contributed by atoms with van der Waals surface area (Å²) in [5.74, 6) is -1.84. The molecule has 8 nitrogen and oxygen atoms in total. The number of ether oxygens (including phenoxy) is 1. The van der Waals surface area contributed by atoms with Crippen molar-refractivity contribution in [2.45, 2.75) is 38.5 Å². The zero-order valence-electron chi connectivity index (χ0n) is 17.3. The minimum absolute atomic E-state index is 0.257. The van der Waals surface area contributed by atoms with E-state index in [0.29, 0.717) is 0 Å². The van der Waals surface area contributed by atoms with E-state index >= 15 is 0 Å². The van der Waals surface area contributed by atoms with Gasteiger partial charge in [-0.05, 0) is 29.5 Å². The number of carbonyl (C=O) groups excluding carboxylic acids is 3. The molecule has 2 atom stereocenters. The highest BCUT2D eigenvalue weighted by atomic mass is 32.1. The zero-order valence-corrected chi connectivity index (χ0v) is 18.1. The minimum atomic E-state index is -1.51. The maximum atomic E-state index is 12.2. The average molecular weight is 437 g/mol. The number of esters is 1. The van der Waals surface area contributed by atoms with Crippen LogP contribution in [-0.2, 0) is 32.1 Å². The monoisotopic (exact) mass is 436 g/mol. The molecule has 0 aliphatic rings. The number of rotatable bonds is 9. The van der Waals surface area contributed by atoms with Gasteiger partial charge < -0.3 is 25.6 Å². The topological polar surface area (TPSA) is 125 Å². The van der Waals surface area contributed by atoms with Gasteiger partial charge in [0.1, 0.15) is 12.1 Å². The van der Waals surface area contributed by atoms with E-state index in [1.54, 1.807) is 0 Å². The number of hydrogen-bond acceptors (Lipinski definition) is 7. The third-order valence-electron chi connectivity index (χ3n) is 4.20. The molecule has 1 heterocycles. The van der Waals surface area contributed by atoms with E-state index in [4.69, 9.17) is 9.84 Å². The molecule has 2 rings (SSSR count). The second-order valence-electron chi connectivity index (χ2n) is 6.29. The number of benzene rings is 1. The van der Waals surface area contributed by atoms with Crippen LogP contribution in [0.5, 0.6) is 0 Å². The van der Waals surface area contributed by atoms with Crippen LogP contribution in [0.3, 0.4) is 0 Å². The summed E-state index contributed by atoms with van der Waals surface area (Å²) in [5, 5.41) is 24.0. The van der Waals surface area contributed by atoms with Gasteiger partial charge in [0.05, 0.1) is 13.5 Å². The van der Waals surface area contributed by atoms with E-state index < -0.39 is 36.4 Å². The molecule has 164 valence electrons. The van der Waals surface area contributed by atoms with Crippen molar-refractivity contribution in [3.8, 4) is 0 Å². The van der Waals surface area contributed by atoms with Crippen molar-refractivity contribution in [3.63, 3.8) is 0 Å². The third-order valence-corrected chi connectivity index (χ3v) is 5.10. The molecule has 9 heteroatoms. The summed E-state index contributed by atoms with van der Waals surface area (Å²) < 4.78 is 4.72. The fourth-order valence-corrected chi connectivity index (χ4v) is 3.35. The third kappa shape index (κ3) is 8.32. The van der Waals surface area contributed by atoms with Crippen LogP contribution < -0.4 is 10.6 Å². The molecule has 2 aromatic rings. The van der Waals surface area contributed by atoms with Crippen LogP contribution in [0.4, 0.5) is 0 Å². The van der Waals surface area contributed by atoms with Gasteiger partial charge in [0.15, 0.2) is 0 Å². The van der Waals surface area contributed by atoms with E-state index in [2.05, 4.69) is 10.6 Å². The molecule has 1 unspecified atom stereocenters. The van der Waals surface area contributed by atoms with Gasteiger partial charge in [-0.25, -0.2) is 4.79 Å². The molecule has 1 aromatic carbocycles. The predicted molar refractivity (Wildman–Crippen MR) is 114 cm³/mol. The van der Waals surface area contributed by atoms with Gasteiger partial charge >= 0.3 is 5.97 Å². The van der Waals surface area contributed by atoms with Gasteiger partial charge in [-0.15, -0.1) is 11.3 Å². The largest absolute Gasteiger partial charge is 0.467 e. The molecule has 4 N–H and O–H groups in total. The standard InChI is InChI=1S/C20H24N2O5S.CH4O/c1-13-6-3-4-7-14(13)12-21-19(25)17(23)11-18(24)22-16(20(26)27-2)10-15-8-5-9-28-15;1-2/h3-9,16-17,23H,10-12H2,1-2H3,(H,21,25)(H,22,24);2H,1H3/t16?,17-;/m1./s1. The van der Waals surface area contributed by atoms with E-state index in [-0.39, 0.29) is 13.0 Å². The number of aliphatic hydroxyl groups excluding tert-OH is 2. The molecule has 0 fully saturated rings. The summed E-state index contributed by atoms with van der Waals surface area (Å²) >= 11 is 1.46. The van der Waals surface area contributed by atoms with Gasteiger partial charge in [0.25, 0.3) is 0 Å². The first-order chi connectivity index (χ1) is 14.4. The molecule has 0 saturated carbocycles. The Morgan fingerprint density at radius 1 is 1.13 bits per heavy atom. The molecule has 30 heavy (non-hydrogen) atoms. The summed E-state index contributed by atoms with van der Waals surface area (Å²) in [6, 6.07) is 10.4. The molecular weight excluding hydrogens is 408 g/mol. The van der Waals surface area contributed by atoms with Crippen molar-refractivity contribution in [1.29, 1.82) is 0 Å². The Morgan fingerprint density at radius 3 is 2.43 bits per heavy atom. The number of carbonyl (C=O) groups is 3. The molecular formula is C21H28N2O6S. The van der Waals surface area contributed by atoms with E-state index in [9.17, 15) is 19.5 Å². The molecule has 0 radical (unpaired) electrons. The fraction of sp³-hybridized carbons (Fsp3) is 0.381. The molecule has 0 aliphatic carbocycles. The van der Waals surface area contributed by atoms with E-state index in [0.717, 1.165) is 23.1 Å². The molecule has 0 bridgehead atoms. The summed E-state index contributed by atoms with van der Waals surface area (Å²) in [6.45, 7) is 2.18. The summed E-state index contributed by atoms with van der Waals surface area (Å²) in [6.07, 6.45) is -1.67. The SMILES string of the molecule is CO.COC(=O)C(Cc1cccs1)NC(=O)C[C@@H](O)C(=O)NCc1ccccc1C. The van der Waals surface area contributed by atoms with Crippen LogP contribution in [0.1, 0.15) is 22.4 Å². The first kappa shape index (κ1) is 25.3. The summed E-state index contributed by atoms with van der Waals surface area (Å²) in [5.41, 5.74) is 1.94. The normalized spacial score (nSPS) is 12.0. The van der Waals surface area contributed by atoms with Crippen molar-refractivity contribution in [3.05, 3.63) is 57.8 Å². The molecule has 0 saturated heterocycles. The second kappa shape index (κ2) is 13.5. The van der Waals surface area contributed by atoms with E-state index in [1.807, 2.05) is 48.7 Å². The zero-order chi connectivity index (χ0) is 22.5. The molecule has 0 aliphatic heterocycles. The van der Waals surface area contributed by atoms with Gasteiger partial charge in [0, 0.05) is 25.0 Å². The van der Waals surface area contributed by atoms with Crippen LogP contribution in [-0.4, -0.2) is 54.4 Å². The van der Waals surface area contributed by atoms with Crippen LogP contribution >= 0.6 is 11.3 Å². The lowest BCUT2D eigenvalue weighted by atomic mass is 10.1. The number of methoxy groups -OCH3 is 1. The first-order valence-electron chi connectivity index (χ1n) is 9.25. The first-order valence-corrected chi connectivity index (χ1v) is 10.1. The number of aryl methyl sites for hydroxylation is 1. The Kier molecular flexibility index (Phi) is 11.4. The van der Waals surface area contributed by atoms with Crippen molar-refractivity contribution in [2.24, 2.45) is 0 Å². The Labute approximate surface area is 179 Å². The molecule has 2 amide bonds. The number of hydrogen-bond donors (Lipinski definition) is 4. The quantitative estimate of drug-likeness (QED) is 0.434. The summed E-state index contributed by atoms with van der Waals surface area (Å²) in [4.78, 5) is 37.1. The van der Waals surface area contributed by atoms with Crippen molar-refractivity contribution >= 4 is 29.1 Å². The van der Waals surface area contributed by atoms with Crippen molar-refractivity contribution in [2.75, 3.05) is 14.2 Å². The average Bonchev–Trinajstić information content (AvgIpc) is 3.26. The smallest absolute Gasteiger partial charge is 0.328 e. The number of amides is 2. The lowest BCUT2D eigenvalue weighted by Crippen LogP contribution is -2.45. The Hall–Kier alpha value is -2.75. The number of nitrogens with one attached hydrogen (secondary N) is 2. The highest BCUT2D eigenvalue weighted by molar-refractivity contribution is 7.09. The van der Waals surface area contributed by atoms with Crippen LogP contribution in [0.15, 0.2) is 41.8 Å². The highest BCUT2D eigenvalue weighted by Crippen LogP contribution is 2.12. The lowest BCUT2D eigenvalue weighted by molar-refractivity contribution is -0.145. The minimum Gasteiger partial charge on any atom is -0.467 e. The van der Waals surface area contributed by atoms with Gasteiger partial charge in [-0.2, -0.15) is 0 Å². The Morgan fingerprint density at radius 2 is 1.83 bits per heavy atom. The fourth-order valence-electron chi connectivity index (χ4n) is 2.60. The van der Waals surface area contributed by atoms with Gasteiger partial charge in [0.2, 0.25) is 11.8 Å². The molecule has 0 spiro atoms. The maximum absolute atomic E-state index is 12.2.